The molecule has 0 unspecified atom stereocenters. The van der Waals surface area contributed by atoms with E-state index in [4.69, 9.17) is 16.3 Å². The molecule has 0 aliphatic carbocycles. The van der Waals surface area contributed by atoms with E-state index < -0.39 is 11.6 Å². The van der Waals surface area contributed by atoms with Crippen LogP contribution in [0, 0.1) is 25.5 Å². The number of aromatic nitrogens is 5. The average Bonchev–Trinajstić information content (AvgIpc) is 2.82. The second-order valence-corrected chi connectivity index (χ2v) is 8.56. The maximum Gasteiger partial charge on any atom is 0.182 e. The highest BCUT2D eigenvalue weighted by Gasteiger charge is 2.29. The Labute approximate surface area is 194 Å². The van der Waals surface area contributed by atoms with E-state index in [0.717, 1.165) is 11.3 Å². The summed E-state index contributed by atoms with van der Waals surface area (Å²) in [5.74, 6) is -1.75. The minimum Gasteiger partial charge on any atom is -0.373 e. The van der Waals surface area contributed by atoms with Crippen LogP contribution in [0.1, 0.15) is 47.6 Å². The number of rotatable bonds is 3. The maximum atomic E-state index is 14.9. The van der Waals surface area contributed by atoms with Gasteiger partial charge >= 0.3 is 0 Å². The number of ether oxygens (including phenoxy) is 1. The van der Waals surface area contributed by atoms with Crippen LogP contribution in [0.3, 0.4) is 0 Å². The lowest BCUT2D eigenvalue weighted by Crippen LogP contribution is -2.21. The van der Waals surface area contributed by atoms with Gasteiger partial charge in [0, 0.05) is 36.2 Å². The van der Waals surface area contributed by atoms with E-state index in [1.165, 1.54) is 12.1 Å². The van der Waals surface area contributed by atoms with E-state index in [1.807, 2.05) is 19.1 Å². The molecular weight excluding hydrogens is 448 g/mol. The molecular formula is C24H20ClF2N5O. The topological polar surface area (TPSA) is 73.7 Å². The molecule has 1 aliphatic heterocycles. The maximum absolute atomic E-state index is 14.9. The Kier molecular flexibility index (Phi) is 5.72. The van der Waals surface area contributed by atoms with Gasteiger partial charge < -0.3 is 4.74 Å². The van der Waals surface area contributed by atoms with E-state index in [-0.39, 0.29) is 28.3 Å². The van der Waals surface area contributed by atoms with E-state index in [9.17, 15) is 8.78 Å². The minimum absolute atomic E-state index is 0.0305. The van der Waals surface area contributed by atoms with Gasteiger partial charge in [-0.25, -0.2) is 28.7 Å². The SMILES string of the molecule is Cc1cc([C@@H]2C[C@H](c3nc(-c4ccc(Cl)c(F)c4F)c4ncc(C)nc4n3)CCO2)ccn1. The summed E-state index contributed by atoms with van der Waals surface area (Å²) in [5.41, 5.74) is 3.42. The van der Waals surface area contributed by atoms with Gasteiger partial charge in [0.05, 0.1) is 16.8 Å². The third kappa shape index (κ3) is 4.16. The minimum atomic E-state index is -1.12. The lowest BCUT2D eigenvalue weighted by Gasteiger charge is -2.29. The van der Waals surface area contributed by atoms with Crippen molar-refractivity contribution in [1.29, 1.82) is 0 Å². The van der Waals surface area contributed by atoms with Gasteiger partial charge in [0.2, 0.25) is 0 Å². The first-order valence-corrected chi connectivity index (χ1v) is 11.0. The molecule has 0 radical (unpaired) electrons. The fourth-order valence-corrected chi connectivity index (χ4v) is 4.27. The van der Waals surface area contributed by atoms with Crippen molar-refractivity contribution in [2.24, 2.45) is 0 Å². The summed E-state index contributed by atoms with van der Waals surface area (Å²) in [7, 11) is 0. The third-order valence-electron chi connectivity index (χ3n) is 5.78. The first-order chi connectivity index (χ1) is 15.9. The lowest BCUT2D eigenvalue weighted by molar-refractivity contribution is 0.00393. The molecule has 4 heterocycles. The molecule has 1 aliphatic rings. The molecule has 0 bridgehead atoms. The number of benzene rings is 1. The number of nitrogens with zero attached hydrogens (tertiary/aromatic N) is 5. The number of fused-ring (bicyclic) bond motifs is 1. The highest BCUT2D eigenvalue weighted by atomic mass is 35.5. The van der Waals surface area contributed by atoms with Crippen molar-refractivity contribution in [3.8, 4) is 11.3 Å². The predicted octanol–water partition coefficient (Wildman–Crippen LogP) is 5.67. The molecule has 3 aromatic heterocycles. The largest absolute Gasteiger partial charge is 0.373 e. The van der Waals surface area contributed by atoms with Crippen molar-refractivity contribution in [3.63, 3.8) is 0 Å². The molecule has 4 aromatic rings. The molecule has 1 saturated heterocycles. The third-order valence-corrected chi connectivity index (χ3v) is 6.07. The Balaban J connectivity index is 1.61. The molecule has 0 spiro atoms. The monoisotopic (exact) mass is 467 g/mol. The van der Waals surface area contributed by atoms with Crippen LogP contribution in [0.15, 0.2) is 36.7 Å². The van der Waals surface area contributed by atoms with Crippen molar-refractivity contribution >= 4 is 22.8 Å². The Morgan fingerprint density at radius 3 is 2.67 bits per heavy atom. The zero-order valence-corrected chi connectivity index (χ0v) is 18.8. The molecule has 6 nitrogen and oxygen atoms in total. The highest BCUT2D eigenvalue weighted by Crippen LogP contribution is 2.38. The zero-order chi connectivity index (χ0) is 23.1. The molecule has 168 valence electrons. The fraction of sp³-hybridized carbons (Fsp3) is 0.292. The van der Waals surface area contributed by atoms with Crippen molar-refractivity contribution < 1.29 is 13.5 Å². The zero-order valence-electron chi connectivity index (χ0n) is 18.0. The summed E-state index contributed by atoms with van der Waals surface area (Å²) in [4.78, 5) is 22.4. The van der Waals surface area contributed by atoms with Crippen molar-refractivity contribution in [2.45, 2.75) is 38.7 Å². The summed E-state index contributed by atoms with van der Waals surface area (Å²) in [6.07, 6.45) is 4.52. The molecule has 1 fully saturated rings. The summed E-state index contributed by atoms with van der Waals surface area (Å²) in [6.45, 7) is 4.26. The average molecular weight is 468 g/mol. The normalized spacial score (nSPS) is 18.6. The molecule has 2 atom stereocenters. The van der Waals surface area contributed by atoms with Crippen LogP contribution in [-0.4, -0.2) is 31.5 Å². The number of pyridine rings is 1. The Bertz CT molecular complexity index is 1370. The van der Waals surface area contributed by atoms with Crippen LogP contribution < -0.4 is 0 Å². The molecule has 33 heavy (non-hydrogen) atoms. The van der Waals surface area contributed by atoms with Crippen LogP contribution in [-0.2, 0) is 4.74 Å². The second-order valence-electron chi connectivity index (χ2n) is 8.15. The molecule has 0 N–H and O–H groups in total. The van der Waals surface area contributed by atoms with Gasteiger partial charge in [0.25, 0.3) is 0 Å². The van der Waals surface area contributed by atoms with Gasteiger partial charge in [0.1, 0.15) is 17.0 Å². The Morgan fingerprint density at radius 2 is 1.85 bits per heavy atom. The molecule has 9 heteroatoms. The summed E-state index contributed by atoms with van der Waals surface area (Å²) < 4.78 is 35.1. The molecule has 0 saturated carbocycles. The van der Waals surface area contributed by atoms with Gasteiger partial charge in [-0.15, -0.1) is 0 Å². The Hall–Kier alpha value is -3.10. The number of aryl methyl sites for hydroxylation is 2. The van der Waals surface area contributed by atoms with E-state index in [2.05, 4.69) is 24.9 Å². The smallest absolute Gasteiger partial charge is 0.182 e. The van der Waals surface area contributed by atoms with Crippen LogP contribution in [0.25, 0.3) is 22.4 Å². The quantitative estimate of drug-likeness (QED) is 0.362. The Morgan fingerprint density at radius 1 is 1.00 bits per heavy atom. The van der Waals surface area contributed by atoms with Crippen molar-refractivity contribution in [3.05, 3.63) is 76.1 Å². The van der Waals surface area contributed by atoms with Gasteiger partial charge in [-0.3, -0.25) is 4.98 Å². The molecule has 1 aromatic carbocycles. The molecule has 0 amide bonds. The van der Waals surface area contributed by atoms with Gasteiger partial charge in [-0.1, -0.05) is 11.6 Å². The summed E-state index contributed by atoms with van der Waals surface area (Å²) in [5, 5.41) is -0.295. The van der Waals surface area contributed by atoms with Crippen LogP contribution in [0.2, 0.25) is 5.02 Å². The van der Waals surface area contributed by atoms with Crippen LogP contribution in [0.5, 0.6) is 0 Å². The fourth-order valence-electron chi connectivity index (χ4n) is 4.12. The standard InChI is InChI=1S/C24H20ClF2N5O/c1-12-9-14(5-7-28-12)18-10-15(6-8-33-18)23-31-21(16-3-4-17(25)20(27)19(16)26)22-24(32-23)30-13(2)11-29-22/h3-5,7,9,11,15,18H,6,8,10H2,1-2H3/t15-,18+/m1/s1. The van der Waals surface area contributed by atoms with E-state index >= 15 is 0 Å². The van der Waals surface area contributed by atoms with Gasteiger partial charge in [0.15, 0.2) is 17.3 Å². The van der Waals surface area contributed by atoms with Gasteiger partial charge in [-0.2, -0.15) is 0 Å². The van der Waals surface area contributed by atoms with Crippen molar-refractivity contribution in [2.75, 3.05) is 6.61 Å². The van der Waals surface area contributed by atoms with Gasteiger partial charge in [-0.05, 0) is 56.5 Å². The van der Waals surface area contributed by atoms with E-state index in [1.54, 1.807) is 19.3 Å². The predicted molar refractivity (Wildman–Crippen MR) is 120 cm³/mol. The first-order valence-electron chi connectivity index (χ1n) is 10.6. The molecule has 5 rings (SSSR count). The van der Waals surface area contributed by atoms with E-state index in [0.29, 0.717) is 42.1 Å². The van der Waals surface area contributed by atoms with Crippen molar-refractivity contribution in [1.82, 2.24) is 24.9 Å². The summed E-state index contributed by atoms with van der Waals surface area (Å²) >= 11 is 5.76. The first kappa shape index (κ1) is 21.7. The van der Waals surface area contributed by atoms with Crippen LogP contribution >= 0.6 is 11.6 Å². The number of hydrogen-bond acceptors (Lipinski definition) is 6. The van der Waals surface area contributed by atoms with Crippen LogP contribution in [0.4, 0.5) is 8.78 Å². The highest BCUT2D eigenvalue weighted by molar-refractivity contribution is 6.30. The number of hydrogen-bond donors (Lipinski definition) is 0. The number of halogens is 3. The second kappa shape index (κ2) is 8.68. The summed E-state index contributed by atoms with van der Waals surface area (Å²) in [6, 6.07) is 6.65. The lowest BCUT2D eigenvalue weighted by atomic mass is 9.91.